The predicted molar refractivity (Wildman–Crippen MR) is 253 cm³/mol. The van der Waals surface area contributed by atoms with Crippen LogP contribution in [0.5, 0.6) is 0 Å². The molecule has 0 unspecified atom stereocenters. The topological polar surface area (TPSA) is 8.17 Å². The molecule has 0 radical (unpaired) electrons. The lowest BCUT2D eigenvalue weighted by Gasteiger charge is -2.29. The van der Waals surface area contributed by atoms with Gasteiger partial charge >= 0.3 is 0 Å². The van der Waals surface area contributed by atoms with Crippen molar-refractivity contribution in [1.29, 1.82) is 0 Å². The average molecular weight is 799 g/mol. The first kappa shape index (κ1) is 35.4. The molecule has 0 aliphatic rings. The zero-order valence-electron chi connectivity index (χ0n) is 32.9. The first-order valence-electron chi connectivity index (χ1n) is 19.2. The molecule has 0 saturated carbocycles. The van der Waals surface area contributed by atoms with E-state index in [2.05, 4.69) is 174 Å². The number of aryl methyl sites for hydroxylation is 4. The quantitative estimate of drug-likeness (QED) is 0.161. The molecule has 0 spiro atoms. The molecule has 6 heteroatoms. The SMILES string of the molecule is Cc1c(C)c(C)c2sc3c(-n4c5ccccc5c5ccccc54)c4sc5c(C)c(C)c(C)c(C)c5sc4c(N(c4ccccc4)c4ccccc4)c3sc2c1C. The number of rotatable bonds is 4. The van der Waals surface area contributed by atoms with Crippen LogP contribution in [-0.4, -0.2) is 4.57 Å². The molecule has 7 aromatic carbocycles. The van der Waals surface area contributed by atoms with Gasteiger partial charge in [-0.25, -0.2) is 0 Å². The second-order valence-electron chi connectivity index (χ2n) is 15.1. The van der Waals surface area contributed by atoms with Crippen molar-refractivity contribution >= 4 is 122 Å². The van der Waals surface area contributed by atoms with Gasteiger partial charge in [-0.15, -0.1) is 45.3 Å². The van der Waals surface area contributed by atoms with E-state index in [1.54, 1.807) is 0 Å². The molecule has 0 saturated heterocycles. The Morgan fingerprint density at radius 3 is 1.04 bits per heavy atom. The molecule has 0 atom stereocenters. The largest absolute Gasteiger partial charge is 0.308 e. The molecule has 276 valence electrons. The Morgan fingerprint density at radius 1 is 0.339 bits per heavy atom. The molecule has 10 rings (SSSR count). The van der Waals surface area contributed by atoms with E-state index in [0.29, 0.717) is 0 Å². The van der Waals surface area contributed by atoms with Crippen molar-refractivity contribution in [2.24, 2.45) is 0 Å². The summed E-state index contributed by atoms with van der Waals surface area (Å²) in [7, 11) is 0. The maximum absolute atomic E-state index is 2.60. The highest BCUT2D eigenvalue weighted by Crippen LogP contribution is 2.56. The average Bonchev–Trinajstić information content (AvgIpc) is 3.57. The molecule has 0 bridgehead atoms. The summed E-state index contributed by atoms with van der Waals surface area (Å²) in [5, 5.41) is 2.56. The van der Waals surface area contributed by atoms with Crippen LogP contribution in [0.25, 0.3) is 65.1 Å². The Kier molecular flexibility index (Phi) is 8.42. The highest BCUT2D eigenvalue weighted by Gasteiger charge is 2.28. The van der Waals surface area contributed by atoms with Crippen LogP contribution in [0.4, 0.5) is 17.1 Å². The van der Waals surface area contributed by atoms with Crippen LogP contribution in [0.1, 0.15) is 44.5 Å². The van der Waals surface area contributed by atoms with Crippen LogP contribution in [0, 0.1) is 55.4 Å². The van der Waals surface area contributed by atoms with Gasteiger partial charge in [0.05, 0.1) is 41.2 Å². The fourth-order valence-corrected chi connectivity index (χ4v) is 14.6. The van der Waals surface area contributed by atoms with E-state index in [9.17, 15) is 0 Å². The molecule has 0 aliphatic heterocycles. The number of hydrogen-bond donors (Lipinski definition) is 0. The summed E-state index contributed by atoms with van der Waals surface area (Å²) < 4.78 is 13.4. The van der Waals surface area contributed by atoms with Crippen molar-refractivity contribution in [3.63, 3.8) is 0 Å². The third-order valence-corrected chi connectivity index (χ3v) is 18.1. The Labute approximate surface area is 343 Å². The zero-order valence-corrected chi connectivity index (χ0v) is 36.2. The lowest BCUT2D eigenvalue weighted by atomic mass is 10.00. The molecular formula is C50H42N2S4. The van der Waals surface area contributed by atoms with Gasteiger partial charge in [0.25, 0.3) is 0 Å². The molecule has 0 amide bonds. The van der Waals surface area contributed by atoms with Gasteiger partial charge in [-0.05, 0) is 136 Å². The van der Waals surface area contributed by atoms with Gasteiger partial charge in [-0.3, -0.25) is 0 Å². The van der Waals surface area contributed by atoms with E-state index in [1.807, 2.05) is 45.3 Å². The molecule has 0 aliphatic carbocycles. The van der Waals surface area contributed by atoms with Crippen molar-refractivity contribution in [3.8, 4) is 5.69 Å². The Bertz CT molecular complexity index is 3060. The molecule has 0 fully saturated rings. The smallest absolute Gasteiger partial charge is 0.0838 e. The summed E-state index contributed by atoms with van der Waals surface area (Å²) in [6, 6.07) is 40.0. The number of fused-ring (bicyclic) bond motifs is 7. The first-order chi connectivity index (χ1) is 27.2. The van der Waals surface area contributed by atoms with Crippen molar-refractivity contribution in [3.05, 3.63) is 154 Å². The van der Waals surface area contributed by atoms with Gasteiger partial charge in [0.15, 0.2) is 0 Å². The van der Waals surface area contributed by atoms with Gasteiger partial charge in [0.2, 0.25) is 0 Å². The number of hydrogen-bond acceptors (Lipinski definition) is 5. The van der Waals surface area contributed by atoms with E-state index in [0.717, 1.165) is 11.4 Å². The molecular weight excluding hydrogens is 757 g/mol. The highest BCUT2D eigenvalue weighted by atomic mass is 32.1. The van der Waals surface area contributed by atoms with E-state index in [-0.39, 0.29) is 0 Å². The second kappa shape index (κ2) is 13.3. The lowest BCUT2D eigenvalue weighted by molar-refractivity contribution is 1.22. The monoisotopic (exact) mass is 798 g/mol. The van der Waals surface area contributed by atoms with Crippen LogP contribution in [0.2, 0.25) is 0 Å². The number of benzene rings is 7. The lowest BCUT2D eigenvalue weighted by Crippen LogP contribution is -2.11. The van der Waals surface area contributed by atoms with Crippen molar-refractivity contribution < 1.29 is 0 Å². The third-order valence-electron chi connectivity index (χ3n) is 12.3. The summed E-state index contributed by atoms with van der Waals surface area (Å²) in [5.41, 5.74) is 18.4. The normalized spacial score (nSPS) is 11.9. The fourth-order valence-electron chi connectivity index (χ4n) is 8.53. The Balaban J connectivity index is 1.55. The summed E-state index contributed by atoms with van der Waals surface area (Å²) in [4.78, 5) is 2.54. The minimum atomic E-state index is 1.15. The summed E-state index contributed by atoms with van der Waals surface area (Å²) >= 11 is 7.94. The zero-order chi connectivity index (χ0) is 38.6. The van der Waals surface area contributed by atoms with Crippen molar-refractivity contribution in [2.45, 2.75) is 55.4 Å². The van der Waals surface area contributed by atoms with E-state index in [4.69, 9.17) is 0 Å². The van der Waals surface area contributed by atoms with Gasteiger partial charge in [0, 0.05) is 40.9 Å². The minimum Gasteiger partial charge on any atom is -0.308 e. The van der Waals surface area contributed by atoms with Gasteiger partial charge in [-0.2, -0.15) is 0 Å². The number of aromatic nitrogens is 1. The maximum atomic E-state index is 2.60. The molecule has 3 heterocycles. The molecule has 0 N–H and O–H groups in total. The molecule has 2 nitrogen and oxygen atoms in total. The number of nitrogens with zero attached hydrogens (tertiary/aromatic N) is 2. The minimum absolute atomic E-state index is 1.15. The number of anilines is 3. The van der Waals surface area contributed by atoms with Crippen LogP contribution in [0.15, 0.2) is 109 Å². The molecule has 10 aromatic rings. The van der Waals surface area contributed by atoms with Gasteiger partial charge in [-0.1, -0.05) is 72.8 Å². The fraction of sp³-hybridized carbons (Fsp3) is 0.160. The summed E-state index contributed by atoms with van der Waals surface area (Å²) in [6.45, 7) is 18.5. The molecule has 3 aromatic heterocycles. The van der Waals surface area contributed by atoms with Crippen LogP contribution >= 0.6 is 45.3 Å². The Morgan fingerprint density at radius 2 is 0.661 bits per heavy atom. The van der Waals surface area contributed by atoms with Crippen LogP contribution < -0.4 is 4.90 Å². The summed E-state index contributed by atoms with van der Waals surface area (Å²) in [5.74, 6) is 0. The van der Waals surface area contributed by atoms with Gasteiger partial charge in [0.1, 0.15) is 0 Å². The summed E-state index contributed by atoms with van der Waals surface area (Å²) in [6.07, 6.45) is 0. The van der Waals surface area contributed by atoms with E-state index >= 15 is 0 Å². The van der Waals surface area contributed by atoms with Crippen LogP contribution in [-0.2, 0) is 0 Å². The number of para-hydroxylation sites is 4. The maximum Gasteiger partial charge on any atom is 0.0838 e. The molecule has 56 heavy (non-hydrogen) atoms. The van der Waals surface area contributed by atoms with Crippen molar-refractivity contribution in [1.82, 2.24) is 4.57 Å². The first-order valence-corrected chi connectivity index (χ1v) is 22.5. The third kappa shape index (κ3) is 5.09. The van der Waals surface area contributed by atoms with Crippen LogP contribution in [0.3, 0.4) is 0 Å². The van der Waals surface area contributed by atoms with E-state index in [1.165, 1.54) is 115 Å². The second-order valence-corrected chi connectivity index (χ2v) is 19.2. The highest BCUT2D eigenvalue weighted by molar-refractivity contribution is 7.40. The standard InChI is InChI=1S/C50H42N2S4/c1-27-29(3)33(7)45-43(31(27)5)53-47-41(51(35-19-11-9-12-20-35)36-21-13-10-14-22-36)48-50(56-46-34(8)30(4)28(2)32(6)44(46)54-48)42(49(47)55-45)52-39-25-17-15-23-37(39)38-24-16-18-26-40(38)52/h9-26H,1-8H3. The van der Waals surface area contributed by atoms with Gasteiger partial charge < -0.3 is 9.47 Å². The predicted octanol–water partition coefficient (Wildman–Crippen LogP) is 16.7. The van der Waals surface area contributed by atoms with Crippen molar-refractivity contribution in [2.75, 3.05) is 4.90 Å². The van der Waals surface area contributed by atoms with E-state index < -0.39 is 0 Å². The Hall–Kier alpha value is -4.98.